The van der Waals surface area contributed by atoms with Crippen molar-refractivity contribution in [3.8, 4) is 0 Å². The number of rotatable bonds is 6. The molecule has 0 amide bonds. The normalized spacial score (nSPS) is 13.2. The van der Waals surface area contributed by atoms with Gasteiger partial charge >= 0.3 is 11.9 Å². The quantitative estimate of drug-likeness (QED) is 0.722. The molecule has 0 rings (SSSR count). The van der Waals surface area contributed by atoms with Crippen molar-refractivity contribution in [2.24, 2.45) is 11.3 Å². The first-order chi connectivity index (χ1) is 7.11. The van der Waals surface area contributed by atoms with Gasteiger partial charge in [0.05, 0.1) is 12.3 Å². The SMILES string of the molecule is CC(C)(C)CC(=O)CC(CC(=O)O)C(=O)O. The second-order valence-electron chi connectivity index (χ2n) is 5.11. The third kappa shape index (κ3) is 6.98. The number of carboxylic acids is 2. The molecule has 1 unspecified atom stereocenters. The van der Waals surface area contributed by atoms with Crippen molar-refractivity contribution in [1.82, 2.24) is 0 Å². The second kappa shape index (κ2) is 5.63. The Morgan fingerprint density at radius 3 is 1.88 bits per heavy atom. The van der Waals surface area contributed by atoms with Gasteiger partial charge in [-0.15, -0.1) is 0 Å². The van der Waals surface area contributed by atoms with Crippen LogP contribution < -0.4 is 0 Å². The van der Waals surface area contributed by atoms with E-state index in [0.717, 1.165) is 0 Å². The van der Waals surface area contributed by atoms with Gasteiger partial charge in [0.2, 0.25) is 0 Å². The number of Topliss-reactive ketones (excluding diaryl/α,β-unsaturated/α-hetero) is 1. The lowest BCUT2D eigenvalue weighted by Gasteiger charge is -2.18. The van der Waals surface area contributed by atoms with E-state index in [-0.39, 0.29) is 24.0 Å². The van der Waals surface area contributed by atoms with Crippen molar-refractivity contribution < 1.29 is 24.6 Å². The molecule has 0 aliphatic carbocycles. The molecule has 0 spiro atoms. The molecule has 0 aromatic carbocycles. The van der Waals surface area contributed by atoms with Crippen LogP contribution in [0.3, 0.4) is 0 Å². The van der Waals surface area contributed by atoms with Gasteiger partial charge in [0.1, 0.15) is 5.78 Å². The Kier molecular flexibility index (Phi) is 5.14. The van der Waals surface area contributed by atoms with Crippen LogP contribution in [0.2, 0.25) is 0 Å². The summed E-state index contributed by atoms with van der Waals surface area (Å²) in [4.78, 5) is 32.6. The van der Waals surface area contributed by atoms with E-state index in [2.05, 4.69) is 0 Å². The molecule has 1 atom stereocenters. The molecule has 0 aromatic rings. The van der Waals surface area contributed by atoms with E-state index >= 15 is 0 Å². The van der Waals surface area contributed by atoms with E-state index in [1.54, 1.807) is 0 Å². The molecule has 0 aromatic heterocycles. The van der Waals surface area contributed by atoms with Crippen LogP contribution in [0.5, 0.6) is 0 Å². The van der Waals surface area contributed by atoms with Crippen molar-refractivity contribution in [3.05, 3.63) is 0 Å². The molecule has 0 fully saturated rings. The molecule has 0 aliphatic heterocycles. The first-order valence-electron chi connectivity index (χ1n) is 5.08. The average Bonchev–Trinajstić information content (AvgIpc) is 1.97. The Morgan fingerprint density at radius 2 is 1.56 bits per heavy atom. The van der Waals surface area contributed by atoms with Crippen molar-refractivity contribution in [2.75, 3.05) is 0 Å². The molecule has 0 saturated carbocycles. The largest absolute Gasteiger partial charge is 0.481 e. The molecular weight excluding hydrogens is 212 g/mol. The van der Waals surface area contributed by atoms with E-state index in [1.165, 1.54) is 0 Å². The minimum absolute atomic E-state index is 0.205. The van der Waals surface area contributed by atoms with Crippen molar-refractivity contribution in [3.63, 3.8) is 0 Å². The van der Waals surface area contributed by atoms with E-state index in [4.69, 9.17) is 10.2 Å². The summed E-state index contributed by atoms with van der Waals surface area (Å²) in [5.74, 6) is -3.76. The number of ketones is 1. The molecular formula is C11H18O5. The van der Waals surface area contributed by atoms with E-state index in [0.29, 0.717) is 0 Å². The Bertz CT molecular complexity index is 287. The number of carboxylic acid groups (broad SMARTS) is 2. The highest BCUT2D eigenvalue weighted by atomic mass is 16.4. The smallest absolute Gasteiger partial charge is 0.307 e. The van der Waals surface area contributed by atoms with E-state index in [9.17, 15) is 14.4 Å². The minimum atomic E-state index is -1.23. The van der Waals surface area contributed by atoms with Crippen LogP contribution in [-0.4, -0.2) is 27.9 Å². The predicted octanol–water partition coefficient (Wildman–Crippen LogP) is 1.56. The Balaban J connectivity index is 4.35. The summed E-state index contributed by atoms with van der Waals surface area (Å²) in [5, 5.41) is 17.3. The zero-order valence-corrected chi connectivity index (χ0v) is 9.82. The van der Waals surface area contributed by atoms with Crippen LogP contribution in [0.1, 0.15) is 40.0 Å². The number of carbonyl (C=O) groups excluding carboxylic acids is 1. The molecule has 0 saturated heterocycles. The van der Waals surface area contributed by atoms with Gasteiger partial charge in [-0.2, -0.15) is 0 Å². The van der Waals surface area contributed by atoms with Crippen molar-refractivity contribution in [2.45, 2.75) is 40.0 Å². The molecule has 2 N–H and O–H groups in total. The summed E-state index contributed by atoms with van der Waals surface area (Å²) < 4.78 is 0. The van der Waals surface area contributed by atoms with E-state index < -0.39 is 24.3 Å². The molecule has 16 heavy (non-hydrogen) atoms. The lowest BCUT2D eigenvalue weighted by atomic mass is 9.86. The highest BCUT2D eigenvalue weighted by Crippen LogP contribution is 2.22. The zero-order valence-electron chi connectivity index (χ0n) is 9.82. The fraction of sp³-hybridized carbons (Fsp3) is 0.727. The summed E-state index contributed by atoms with van der Waals surface area (Å²) in [7, 11) is 0. The van der Waals surface area contributed by atoms with Gasteiger partial charge in [-0.3, -0.25) is 14.4 Å². The van der Waals surface area contributed by atoms with Crippen molar-refractivity contribution >= 4 is 17.7 Å². The first-order valence-corrected chi connectivity index (χ1v) is 5.08. The highest BCUT2D eigenvalue weighted by molar-refractivity contribution is 5.86. The first kappa shape index (κ1) is 14.6. The maximum atomic E-state index is 11.5. The summed E-state index contributed by atoms with van der Waals surface area (Å²) in [6, 6.07) is 0. The standard InChI is InChI=1S/C11H18O5/c1-11(2,3)6-8(12)4-7(10(15)16)5-9(13)14/h7H,4-6H2,1-3H3,(H,13,14)(H,15,16). The van der Waals surface area contributed by atoms with Crippen molar-refractivity contribution in [1.29, 1.82) is 0 Å². The van der Waals surface area contributed by atoms with Gasteiger partial charge in [0.15, 0.2) is 0 Å². The molecule has 0 bridgehead atoms. The van der Waals surface area contributed by atoms with Gasteiger partial charge in [-0.25, -0.2) is 0 Å². The van der Waals surface area contributed by atoms with Gasteiger partial charge in [0, 0.05) is 12.8 Å². The number of carbonyl (C=O) groups is 3. The van der Waals surface area contributed by atoms with Gasteiger partial charge in [0.25, 0.3) is 0 Å². The molecule has 0 aliphatic rings. The lowest BCUT2D eigenvalue weighted by Crippen LogP contribution is -2.23. The molecule has 92 valence electrons. The number of hydrogen-bond donors (Lipinski definition) is 2. The van der Waals surface area contributed by atoms with Crippen LogP contribution in [0.25, 0.3) is 0 Å². The van der Waals surface area contributed by atoms with Crippen LogP contribution in [0.15, 0.2) is 0 Å². The van der Waals surface area contributed by atoms with Crippen LogP contribution >= 0.6 is 0 Å². The van der Waals surface area contributed by atoms with Crippen LogP contribution in [-0.2, 0) is 14.4 Å². The van der Waals surface area contributed by atoms with Crippen LogP contribution in [0, 0.1) is 11.3 Å². The Labute approximate surface area is 94.5 Å². The van der Waals surface area contributed by atoms with E-state index in [1.807, 2.05) is 20.8 Å². The number of hydrogen-bond acceptors (Lipinski definition) is 3. The zero-order chi connectivity index (χ0) is 12.9. The monoisotopic (exact) mass is 230 g/mol. The number of aliphatic carboxylic acids is 2. The average molecular weight is 230 g/mol. The third-order valence-electron chi connectivity index (χ3n) is 1.97. The lowest BCUT2D eigenvalue weighted by molar-refractivity contribution is -0.149. The molecule has 0 radical (unpaired) electrons. The van der Waals surface area contributed by atoms with Gasteiger partial charge in [-0.1, -0.05) is 20.8 Å². The maximum absolute atomic E-state index is 11.5. The van der Waals surface area contributed by atoms with Gasteiger partial charge < -0.3 is 10.2 Å². The molecule has 5 heteroatoms. The molecule has 0 heterocycles. The minimum Gasteiger partial charge on any atom is -0.481 e. The predicted molar refractivity (Wildman–Crippen MR) is 57.1 cm³/mol. The fourth-order valence-electron chi connectivity index (χ4n) is 1.40. The topological polar surface area (TPSA) is 91.7 Å². The highest BCUT2D eigenvalue weighted by Gasteiger charge is 2.26. The second-order valence-corrected chi connectivity index (χ2v) is 5.11. The van der Waals surface area contributed by atoms with Crippen LogP contribution in [0.4, 0.5) is 0 Å². The molecule has 5 nitrogen and oxygen atoms in total. The fourth-order valence-corrected chi connectivity index (χ4v) is 1.40. The maximum Gasteiger partial charge on any atom is 0.307 e. The Morgan fingerprint density at radius 1 is 1.06 bits per heavy atom. The third-order valence-corrected chi connectivity index (χ3v) is 1.97. The summed E-state index contributed by atoms with van der Waals surface area (Å²) in [6.07, 6.45) is -0.458. The van der Waals surface area contributed by atoms with Gasteiger partial charge in [-0.05, 0) is 5.41 Å². The summed E-state index contributed by atoms with van der Waals surface area (Å²) in [5.41, 5.74) is -0.205. The summed E-state index contributed by atoms with van der Waals surface area (Å²) in [6.45, 7) is 5.62. The summed E-state index contributed by atoms with van der Waals surface area (Å²) >= 11 is 0. The Hall–Kier alpha value is -1.39.